The molecule has 0 unspecified atom stereocenters. The number of hydrogen-bond donors (Lipinski definition) is 1. The molecule has 0 bridgehead atoms. The Kier molecular flexibility index (Phi) is 4.46. The maximum Gasteiger partial charge on any atom is 0.252 e. The fourth-order valence-corrected chi connectivity index (χ4v) is 1.20. The third-order valence-electron chi connectivity index (χ3n) is 2.14. The van der Waals surface area contributed by atoms with Crippen LogP contribution >= 0.6 is 0 Å². The van der Waals surface area contributed by atoms with Gasteiger partial charge in [0.05, 0.1) is 11.1 Å². The highest BCUT2D eigenvalue weighted by molar-refractivity contribution is 5.94. The molecule has 0 radical (unpaired) electrons. The van der Waals surface area contributed by atoms with E-state index in [0.29, 0.717) is 23.6 Å². The molecule has 1 rings (SSSR count). The highest BCUT2D eigenvalue weighted by atomic mass is 16.1. The van der Waals surface area contributed by atoms with E-state index in [1.54, 1.807) is 0 Å². The second-order valence-electron chi connectivity index (χ2n) is 4.01. The number of carbonyl (C=O) groups excluding carboxylic acids is 1. The van der Waals surface area contributed by atoms with Crippen LogP contribution in [-0.4, -0.2) is 17.4 Å². The van der Waals surface area contributed by atoms with E-state index in [1.807, 2.05) is 6.07 Å². The van der Waals surface area contributed by atoms with E-state index in [9.17, 15) is 4.79 Å². The summed E-state index contributed by atoms with van der Waals surface area (Å²) in [5, 5.41) is 11.5. The van der Waals surface area contributed by atoms with Gasteiger partial charge in [-0.2, -0.15) is 5.26 Å². The number of nitrogens with one attached hydrogen (secondary N) is 1. The van der Waals surface area contributed by atoms with Gasteiger partial charge in [-0.3, -0.25) is 9.78 Å². The molecule has 1 heterocycles. The van der Waals surface area contributed by atoms with Crippen LogP contribution < -0.4 is 5.32 Å². The average molecular weight is 217 g/mol. The first-order valence-corrected chi connectivity index (χ1v) is 5.27. The Morgan fingerprint density at radius 1 is 1.56 bits per heavy atom. The van der Waals surface area contributed by atoms with E-state index in [4.69, 9.17) is 5.26 Å². The van der Waals surface area contributed by atoms with Crippen molar-refractivity contribution in [3.63, 3.8) is 0 Å². The zero-order valence-corrected chi connectivity index (χ0v) is 9.53. The Morgan fingerprint density at radius 2 is 2.31 bits per heavy atom. The van der Waals surface area contributed by atoms with Crippen molar-refractivity contribution in [3.05, 3.63) is 29.6 Å². The summed E-state index contributed by atoms with van der Waals surface area (Å²) in [5.41, 5.74) is 0.833. The van der Waals surface area contributed by atoms with E-state index in [1.165, 1.54) is 18.5 Å². The third-order valence-corrected chi connectivity index (χ3v) is 2.14. The number of rotatable bonds is 4. The number of hydrogen-bond acceptors (Lipinski definition) is 3. The van der Waals surface area contributed by atoms with Crippen LogP contribution in [-0.2, 0) is 0 Å². The zero-order valence-electron chi connectivity index (χ0n) is 9.53. The van der Waals surface area contributed by atoms with Crippen molar-refractivity contribution in [2.75, 3.05) is 6.54 Å². The Hall–Kier alpha value is -1.89. The Labute approximate surface area is 95.3 Å². The molecule has 0 saturated carbocycles. The van der Waals surface area contributed by atoms with Crippen LogP contribution in [0.1, 0.15) is 36.2 Å². The van der Waals surface area contributed by atoms with Gasteiger partial charge in [-0.1, -0.05) is 13.8 Å². The molecule has 1 aromatic heterocycles. The fraction of sp³-hybridized carbons (Fsp3) is 0.417. The van der Waals surface area contributed by atoms with Crippen molar-refractivity contribution in [3.8, 4) is 6.07 Å². The van der Waals surface area contributed by atoms with E-state index >= 15 is 0 Å². The molecule has 0 atom stereocenters. The zero-order chi connectivity index (χ0) is 12.0. The van der Waals surface area contributed by atoms with Crippen LogP contribution in [0.3, 0.4) is 0 Å². The van der Waals surface area contributed by atoms with Crippen molar-refractivity contribution in [1.29, 1.82) is 5.26 Å². The topological polar surface area (TPSA) is 65.8 Å². The van der Waals surface area contributed by atoms with E-state index in [2.05, 4.69) is 24.1 Å². The molecule has 1 amide bonds. The van der Waals surface area contributed by atoms with Gasteiger partial charge in [-0.25, -0.2) is 0 Å². The molecule has 84 valence electrons. The van der Waals surface area contributed by atoms with Gasteiger partial charge >= 0.3 is 0 Å². The van der Waals surface area contributed by atoms with Crippen molar-refractivity contribution >= 4 is 5.91 Å². The predicted octanol–water partition coefficient (Wildman–Crippen LogP) is 1.73. The van der Waals surface area contributed by atoms with Crippen LogP contribution in [0, 0.1) is 17.2 Å². The molecule has 0 saturated heterocycles. The van der Waals surface area contributed by atoms with Crippen molar-refractivity contribution in [2.24, 2.45) is 5.92 Å². The van der Waals surface area contributed by atoms with Gasteiger partial charge in [0, 0.05) is 18.9 Å². The number of nitrogens with zero attached hydrogens (tertiary/aromatic N) is 2. The predicted molar refractivity (Wildman–Crippen MR) is 60.7 cm³/mol. The smallest absolute Gasteiger partial charge is 0.252 e. The summed E-state index contributed by atoms with van der Waals surface area (Å²) in [5.74, 6) is 0.383. The first-order chi connectivity index (χ1) is 7.63. The second kappa shape index (κ2) is 5.86. The second-order valence-corrected chi connectivity index (χ2v) is 4.01. The maximum atomic E-state index is 11.6. The molecule has 1 aromatic rings. The van der Waals surface area contributed by atoms with Crippen LogP contribution in [0.5, 0.6) is 0 Å². The average Bonchev–Trinajstić information content (AvgIpc) is 2.28. The third kappa shape index (κ3) is 3.70. The van der Waals surface area contributed by atoms with Gasteiger partial charge in [0.25, 0.3) is 5.91 Å². The van der Waals surface area contributed by atoms with Gasteiger partial charge in [0.15, 0.2) is 0 Å². The minimum absolute atomic E-state index is 0.176. The van der Waals surface area contributed by atoms with Gasteiger partial charge in [0.2, 0.25) is 0 Å². The molecule has 0 aliphatic heterocycles. The quantitative estimate of drug-likeness (QED) is 0.835. The maximum absolute atomic E-state index is 11.6. The molecule has 0 spiro atoms. The number of carbonyl (C=O) groups is 1. The summed E-state index contributed by atoms with van der Waals surface area (Å²) in [7, 11) is 0. The Morgan fingerprint density at radius 3 is 2.94 bits per heavy atom. The number of amides is 1. The van der Waals surface area contributed by atoms with Crippen LogP contribution in [0.15, 0.2) is 18.5 Å². The molecular weight excluding hydrogens is 202 g/mol. The summed E-state index contributed by atoms with van der Waals surface area (Å²) in [6.07, 6.45) is 3.84. The summed E-state index contributed by atoms with van der Waals surface area (Å²) in [4.78, 5) is 15.5. The molecule has 0 aliphatic carbocycles. The lowest BCUT2D eigenvalue weighted by atomic mass is 10.1. The van der Waals surface area contributed by atoms with Crippen molar-refractivity contribution < 1.29 is 4.79 Å². The Balaban J connectivity index is 2.56. The lowest BCUT2D eigenvalue weighted by molar-refractivity contribution is 0.0951. The van der Waals surface area contributed by atoms with Gasteiger partial charge in [-0.05, 0) is 18.4 Å². The first-order valence-electron chi connectivity index (χ1n) is 5.27. The summed E-state index contributed by atoms with van der Waals surface area (Å²) >= 11 is 0. The van der Waals surface area contributed by atoms with E-state index in [-0.39, 0.29) is 5.91 Å². The minimum atomic E-state index is -0.176. The molecule has 0 aromatic carbocycles. The van der Waals surface area contributed by atoms with E-state index in [0.717, 1.165) is 6.42 Å². The fourth-order valence-electron chi connectivity index (χ4n) is 1.20. The largest absolute Gasteiger partial charge is 0.352 e. The normalized spacial score (nSPS) is 9.88. The summed E-state index contributed by atoms with van der Waals surface area (Å²) < 4.78 is 0. The van der Waals surface area contributed by atoms with Crippen molar-refractivity contribution in [2.45, 2.75) is 20.3 Å². The summed E-state index contributed by atoms with van der Waals surface area (Å²) in [6.45, 7) is 4.85. The van der Waals surface area contributed by atoms with E-state index < -0.39 is 0 Å². The molecule has 1 N–H and O–H groups in total. The first kappa shape index (κ1) is 12.2. The minimum Gasteiger partial charge on any atom is -0.352 e. The lowest BCUT2D eigenvalue weighted by Gasteiger charge is -2.06. The monoisotopic (exact) mass is 217 g/mol. The van der Waals surface area contributed by atoms with Crippen molar-refractivity contribution in [1.82, 2.24) is 10.3 Å². The molecule has 4 nitrogen and oxygen atoms in total. The van der Waals surface area contributed by atoms with Crippen LogP contribution in [0.25, 0.3) is 0 Å². The molecule has 0 aliphatic rings. The molecular formula is C12H15N3O. The molecule has 16 heavy (non-hydrogen) atoms. The highest BCUT2D eigenvalue weighted by Gasteiger charge is 2.06. The number of aromatic nitrogens is 1. The van der Waals surface area contributed by atoms with Crippen LogP contribution in [0.2, 0.25) is 0 Å². The van der Waals surface area contributed by atoms with Crippen LogP contribution in [0.4, 0.5) is 0 Å². The summed E-state index contributed by atoms with van der Waals surface area (Å²) in [6, 6.07) is 3.49. The SMILES string of the molecule is CC(C)CCNC(=O)c1cncc(C#N)c1. The lowest BCUT2D eigenvalue weighted by Crippen LogP contribution is -2.25. The molecule has 4 heteroatoms. The molecule has 0 fully saturated rings. The van der Waals surface area contributed by atoms with Gasteiger partial charge in [-0.15, -0.1) is 0 Å². The standard InChI is InChI=1S/C12H15N3O/c1-9(2)3-4-15-12(16)11-5-10(6-13)7-14-8-11/h5,7-9H,3-4H2,1-2H3,(H,15,16). The highest BCUT2D eigenvalue weighted by Crippen LogP contribution is 2.02. The van der Waals surface area contributed by atoms with Gasteiger partial charge < -0.3 is 5.32 Å². The van der Waals surface area contributed by atoms with Gasteiger partial charge in [0.1, 0.15) is 6.07 Å². The Bertz CT molecular complexity index is 407. The number of nitriles is 1. The number of pyridine rings is 1.